The van der Waals surface area contributed by atoms with Gasteiger partial charge in [-0.2, -0.15) is 0 Å². The number of benzene rings is 1. The van der Waals surface area contributed by atoms with Gasteiger partial charge in [-0.25, -0.2) is 0 Å². The lowest BCUT2D eigenvalue weighted by Crippen LogP contribution is -2.05. The second kappa shape index (κ2) is 3.20. The van der Waals surface area contributed by atoms with Gasteiger partial charge in [0.05, 0.1) is 7.11 Å². The molecular formula is C14H10O2. The topological polar surface area (TPSA) is 26.3 Å². The molecule has 0 aliphatic heterocycles. The van der Waals surface area contributed by atoms with Crippen LogP contribution in [-0.2, 0) is 9.53 Å². The number of ketones is 1. The number of allylic oxidation sites excluding steroid dienone is 4. The van der Waals surface area contributed by atoms with Crippen molar-refractivity contribution in [3.05, 3.63) is 58.9 Å². The lowest BCUT2D eigenvalue weighted by molar-refractivity contribution is -0.111. The molecule has 3 rings (SSSR count). The molecule has 0 aromatic heterocycles. The number of rotatable bonds is 1. The summed E-state index contributed by atoms with van der Waals surface area (Å²) >= 11 is 0. The number of hydrogen-bond donors (Lipinski definition) is 0. The van der Waals surface area contributed by atoms with Crippen molar-refractivity contribution in [2.45, 2.75) is 0 Å². The zero-order valence-electron chi connectivity index (χ0n) is 8.86. The molecule has 0 fully saturated rings. The molecule has 0 saturated carbocycles. The van der Waals surface area contributed by atoms with Gasteiger partial charge in [-0.1, -0.05) is 24.3 Å². The Bertz CT molecular complexity index is 574. The molecule has 0 spiro atoms. The summed E-state index contributed by atoms with van der Waals surface area (Å²) in [5, 5.41) is 0. The van der Waals surface area contributed by atoms with Crippen LogP contribution in [0, 0.1) is 0 Å². The molecule has 0 heterocycles. The molecule has 0 bridgehead atoms. The Labute approximate surface area is 93.5 Å². The Hall–Kier alpha value is -2.09. The van der Waals surface area contributed by atoms with Crippen molar-refractivity contribution in [1.82, 2.24) is 0 Å². The van der Waals surface area contributed by atoms with E-state index in [9.17, 15) is 4.79 Å². The van der Waals surface area contributed by atoms with Crippen molar-refractivity contribution in [3.8, 4) is 0 Å². The van der Waals surface area contributed by atoms with E-state index in [4.69, 9.17) is 4.74 Å². The smallest absolute Gasteiger partial charge is 0.190 e. The molecule has 1 aromatic rings. The van der Waals surface area contributed by atoms with E-state index in [-0.39, 0.29) is 5.78 Å². The Kier molecular flexibility index (Phi) is 1.83. The first-order chi connectivity index (χ1) is 7.79. The van der Waals surface area contributed by atoms with Crippen LogP contribution >= 0.6 is 0 Å². The van der Waals surface area contributed by atoms with Gasteiger partial charge < -0.3 is 4.74 Å². The molecule has 0 radical (unpaired) electrons. The predicted octanol–water partition coefficient (Wildman–Crippen LogP) is 2.58. The van der Waals surface area contributed by atoms with Crippen LogP contribution in [0.25, 0.3) is 11.6 Å². The van der Waals surface area contributed by atoms with Gasteiger partial charge in [-0.05, 0) is 28.9 Å². The first-order valence-electron chi connectivity index (χ1n) is 5.13. The van der Waals surface area contributed by atoms with E-state index in [1.807, 2.05) is 36.4 Å². The molecule has 0 unspecified atom stereocenters. The van der Waals surface area contributed by atoms with Gasteiger partial charge in [-0.15, -0.1) is 0 Å². The minimum Gasteiger partial charge on any atom is -0.497 e. The highest BCUT2D eigenvalue weighted by atomic mass is 16.5. The summed E-state index contributed by atoms with van der Waals surface area (Å²) in [6, 6.07) is 7.99. The number of carbonyl (C=O) groups is 1. The van der Waals surface area contributed by atoms with Crippen molar-refractivity contribution < 1.29 is 9.53 Å². The highest BCUT2D eigenvalue weighted by Crippen LogP contribution is 2.38. The summed E-state index contributed by atoms with van der Waals surface area (Å²) in [4.78, 5) is 11.8. The monoisotopic (exact) mass is 210 g/mol. The molecule has 2 aliphatic rings. The third-order valence-electron chi connectivity index (χ3n) is 2.90. The van der Waals surface area contributed by atoms with Gasteiger partial charge in [0, 0.05) is 11.6 Å². The fraction of sp³-hybridized carbons (Fsp3) is 0.0714. The largest absolute Gasteiger partial charge is 0.497 e. The summed E-state index contributed by atoms with van der Waals surface area (Å²) in [7, 11) is 1.58. The highest BCUT2D eigenvalue weighted by Gasteiger charge is 2.26. The third-order valence-corrected chi connectivity index (χ3v) is 2.90. The average Bonchev–Trinajstić information content (AvgIpc) is 2.68. The van der Waals surface area contributed by atoms with Crippen molar-refractivity contribution >= 4 is 17.4 Å². The zero-order chi connectivity index (χ0) is 11.1. The standard InChI is InChI=1S/C14H10O2/c1-16-10-7-12-11-5-3-2-4-9(11)6-13(12)14(15)8-10/h2-8H,1H3. The van der Waals surface area contributed by atoms with Crippen LogP contribution in [0.2, 0.25) is 0 Å². The quantitative estimate of drug-likeness (QED) is 0.712. The lowest BCUT2D eigenvalue weighted by atomic mass is 9.95. The van der Waals surface area contributed by atoms with Crippen LogP contribution in [0.5, 0.6) is 0 Å². The van der Waals surface area contributed by atoms with Gasteiger partial charge in [-0.3, -0.25) is 4.79 Å². The molecule has 2 heteroatoms. The van der Waals surface area contributed by atoms with E-state index < -0.39 is 0 Å². The summed E-state index contributed by atoms with van der Waals surface area (Å²) in [5.41, 5.74) is 3.94. The molecule has 2 nitrogen and oxygen atoms in total. The first-order valence-corrected chi connectivity index (χ1v) is 5.13. The molecule has 0 saturated heterocycles. The first kappa shape index (κ1) is 9.16. The second-order valence-electron chi connectivity index (χ2n) is 3.82. The molecule has 0 amide bonds. The molecule has 0 atom stereocenters. The second-order valence-corrected chi connectivity index (χ2v) is 3.82. The lowest BCUT2D eigenvalue weighted by Gasteiger charge is -2.11. The molecule has 78 valence electrons. The number of carbonyl (C=O) groups excluding carboxylic acids is 1. The minimum atomic E-state index is 0.0190. The summed E-state index contributed by atoms with van der Waals surface area (Å²) in [5.74, 6) is 0.638. The number of hydrogen-bond acceptors (Lipinski definition) is 2. The summed E-state index contributed by atoms with van der Waals surface area (Å²) < 4.78 is 5.12. The van der Waals surface area contributed by atoms with Crippen molar-refractivity contribution in [3.63, 3.8) is 0 Å². The van der Waals surface area contributed by atoms with Gasteiger partial charge in [0.25, 0.3) is 0 Å². The van der Waals surface area contributed by atoms with Crippen molar-refractivity contribution in [2.75, 3.05) is 7.11 Å². The van der Waals surface area contributed by atoms with Gasteiger partial charge in [0.15, 0.2) is 5.78 Å². The zero-order valence-corrected chi connectivity index (χ0v) is 8.86. The van der Waals surface area contributed by atoms with Crippen LogP contribution in [0.15, 0.2) is 47.7 Å². The van der Waals surface area contributed by atoms with E-state index in [2.05, 4.69) is 0 Å². The van der Waals surface area contributed by atoms with Crippen molar-refractivity contribution in [2.24, 2.45) is 0 Å². The van der Waals surface area contributed by atoms with Crippen LogP contribution in [0.1, 0.15) is 11.1 Å². The maximum absolute atomic E-state index is 11.8. The number of methoxy groups -OCH3 is 1. The fourth-order valence-electron chi connectivity index (χ4n) is 2.11. The fourth-order valence-corrected chi connectivity index (χ4v) is 2.11. The van der Waals surface area contributed by atoms with E-state index in [1.165, 1.54) is 6.08 Å². The average molecular weight is 210 g/mol. The normalized spacial score (nSPS) is 17.1. The molecule has 1 aromatic carbocycles. The van der Waals surface area contributed by atoms with E-state index >= 15 is 0 Å². The van der Waals surface area contributed by atoms with Crippen LogP contribution < -0.4 is 0 Å². The maximum atomic E-state index is 11.8. The highest BCUT2D eigenvalue weighted by molar-refractivity contribution is 6.23. The minimum absolute atomic E-state index is 0.0190. The molecule has 16 heavy (non-hydrogen) atoms. The van der Waals surface area contributed by atoms with Crippen LogP contribution in [0.4, 0.5) is 0 Å². The number of fused-ring (bicyclic) bond motifs is 3. The SMILES string of the molecule is COC1=CC(=O)C2=Cc3ccccc3C2=C1. The maximum Gasteiger partial charge on any atom is 0.190 e. The van der Waals surface area contributed by atoms with Crippen LogP contribution in [-0.4, -0.2) is 12.9 Å². The Morgan fingerprint density at radius 1 is 1.00 bits per heavy atom. The Balaban J connectivity index is 2.21. The van der Waals surface area contributed by atoms with Crippen molar-refractivity contribution in [1.29, 1.82) is 0 Å². The third kappa shape index (κ3) is 1.16. The van der Waals surface area contributed by atoms with Gasteiger partial charge in [0.1, 0.15) is 5.76 Å². The van der Waals surface area contributed by atoms with E-state index in [0.29, 0.717) is 5.76 Å². The van der Waals surface area contributed by atoms with E-state index in [1.54, 1.807) is 7.11 Å². The van der Waals surface area contributed by atoms with Gasteiger partial charge in [0.2, 0.25) is 0 Å². The predicted molar refractivity (Wildman–Crippen MR) is 62.5 cm³/mol. The molecule has 0 N–H and O–H groups in total. The summed E-state index contributed by atoms with van der Waals surface area (Å²) in [6.07, 6.45) is 5.38. The van der Waals surface area contributed by atoms with E-state index in [0.717, 1.165) is 22.3 Å². The van der Waals surface area contributed by atoms with Gasteiger partial charge >= 0.3 is 0 Å². The summed E-state index contributed by atoms with van der Waals surface area (Å²) in [6.45, 7) is 0. The van der Waals surface area contributed by atoms with Crippen LogP contribution in [0.3, 0.4) is 0 Å². The Morgan fingerprint density at radius 3 is 2.62 bits per heavy atom. The Morgan fingerprint density at radius 2 is 1.81 bits per heavy atom. The number of ether oxygens (including phenoxy) is 1. The molecule has 2 aliphatic carbocycles. The molecular weight excluding hydrogens is 200 g/mol.